The fraction of sp³-hybridized carbons (Fsp3) is 0.538. The van der Waals surface area contributed by atoms with E-state index in [1.165, 1.54) is 35.4 Å². The fourth-order valence-electron chi connectivity index (χ4n) is 2.28. The van der Waals surface area contributed by atoms with E-state index in [1.54, 1.807) is 0 Å². The molecule has 1 unspecified atom stereocenters. The summed E-state index contributed by atoms with van der Waals surface area (Å²) in [5.74, 6) is 0.854. The van der Waals surface area contributed by atoms with E-state index in [4.69, 9.17) is 0 Å². The molecule has 0 amide bonds. The molecule has 1 nitrogen and oxygen atoms in total. The topological polar surface area (TPSA) is 12.0 Å². The van der Waals surface area contributed by atoms with Crippen molar-refractivity contribution in [1.82, 2.24) is 0 Å². The Balaban J connectivity index is 2.34. The molecule has 0 saturated carbocycles. The smallest absolute Gasteiger partial charge is 0.0384 e. The molecule has 1 atom stereocenters. The van der Waals surface area contributed by atoms with Crippen LogP contribution in [0, 0.1) is 5.92 Å². The highest BCUT2D eigenvalue weighted by Crippen LogP contribution is 2.32. The van der Waals surface area contributed by atoms with Gasteiger partial charge in [0.15, 0.2) is 0 Å². The first-order valence-electron chi connectivity index (χ1n) is 5.75. The number of hydrogen-bond acceptors (Lipinski definition) is 2. The van der Waals surface area contributed by atoms with Gasteiger partial charge < -0.3 is 5.32 Å². The lowest BCUT2D eigenvalue weighted by Gasteiger charge is -2.13. The summed E-state index contributed by atoms with van der Waals surface area (Å²) in [4.78, 5) is 1.44. The van der Waals surface area contributed by atoms with E-state index in [-0.39, 0.29) is 0 Å². The summed E-state index contributed by atoms with van der Waals surface area (Å²) in [6, 6.07) is 6.61. The van der Waals surface area contributed by atoms with Gasteiger partial charge in [-0.15, -0.1) is 11.8 Å². The standard InChI is InChI=1S/C13H19NS/c1-3-10-7-8-14-12-5-4-6-13(15-2)11(12)9-10/h4-6,10,14H,3,7-9H2,1-2H3. The quantitative estimate of drug-likeness (QED) is 0.762. The molecule has 0 bridgehead atoms. The lowest BCUT2D eigenvalue weighted by Crippen LogP contribution is -2.04. The van der Waals surface area contributed by atoms with Crippen LogP contribution in [0.1, 0.15) is 25.3 Å². The molecule has 0 aliphatic carbocycles. The Morgan fingerprint density at radius 3 is 3.07 bits per heavy atom. The minimum atomic E-state index is 0.854. The second-order valence-corrected chi connectivity index (χ2v) is 5.03. The normalized spacial score (nSPS) is 20.3. The molecule has 2 rings (SSSR count). The summed E-state index contributed by atoms with van der Waals surface area (Å²) in [5.41, 5.74) is 2.90. The first kappa shape index (κ1) is 10.9. The van der Waals surface area contributed by atoms with Crippen molar-refractivity contribution in [3.8, 4) is 0 Å². The van der Waals surface area contributed by atoms with Gasteiger partial charge in [-0.2, -0.15) is 0 Å². The average molecular weight is 221 g/mol. The molecule has 1 aliphatic rings. The fourth-order valence-corrected chi connectivity index (χ4v) is 2.94. The molecule has 0 spiro atoms. The highest BCUT2D eigenvalue weighted by molar-refractivity contribution is 7.98. The van der Waals surface area contributed by atoms with Crippen LogP contribution in [0.25, 0.3) is 0 Å². The Labute approximate surface area is 96.7 Å². The van der Waals surface area contributed by atoms with Crippen molar-refractivity contribution < 1.29 is 0 Å². The Morgan fingerprint density at radius 1 is 1.47 bits per heavy atom. The van der Waals surface area contributed by atoms with Gasteiger partial charge >= 0.3 is 0 Å². The van der Waals surface area contributed by atoms with Gasteiger partial charge in [0.2, 0.25) is 0 Å². The third-order valence-electron chi connectivity index (χ3n) is 3.29. The van der Waals surface area contributed by atoms with Gasteiger partial charge in [-0.3, -0.25) is 0 Å². The van der Waals surface area contributed by atoms with Crippen LogP contribution in [0.5, 0.6) is 0 Å². The molecule has 1 N–H and O–H groups in total. The maximum absolute atomic E-state index is 3.55. The van der Waals surface area contributed by atoms with Crippen molar-refractivity contribution in [2.75, 3.05) is 18.1 Å². The first-order chi connectivity index (χ1) is 7.35. The molecule has 82 valence electrons. The summed E-state index contributed by atoms with van der Waals surface area (Å²) < 4.78 is 0. The number of thioether (sulfide) groups is 1. The van der Waals surface area contributed by atoms with Crippen molar-refractivity contribution in [3.63, 3.8) is 0 Å². The van der Waals surface area contributed by atoms with Crippen LogP contribution in [0.4, 0.5) is 5.69 Å². The molecule has 1 aromatic rings. The second kappa shape index (κ2) is 4.93. The number of benzene rings is 1. The molecule has 0 radical (unpaired) electrons. The predicted molar refractivity (Wildman–Crippen MR) is 68.8 cm³/mol. The van der Waals surface area contributed by atoms with Gasteiger partial charge in [-0.1, -0.05) is 19.4 Å². The van der Waals surface area contributed by atoms with Gasteiger partial charge in [0.05, 0.1) is 0 Å². The molecular weight excluding hydrogens is 202 g/mol. The summed E-state index contributed by atoms with van der Waals surface area (Å²) >= 11 is 1.87. The summed E-state index contributed by atoms with van der Waals surface area (Å²) in [7, 11) is 0. The van der Waals surface area contributed by atoms with Crippen LogP contribution in [-0.2, 0) is 6.42 Å². The van der Waals surface area contributed by atoms with Crippen molar-refractivity contribution >= 4 is 17.4 Å². The summed E-state index contributed by atoms with van der Waals surface area (Å²) in [6.07, 6.45) is 6.01. The molecule has 1 heterocycles. The minimum Gasteiger partial charge on any atom is -0.385 e. The van der Waals surface area contributed by atoms with Crippen molar-refractivity contribution in [2.24, 2.45) is 5.92 Å². The van der Waals surface area contributed by atoms with E-state index >= 15 is 0 Å². The minimum absolute atomic E-state index is 0.854. The number of hydrogen-bond donors (Lipinski definition) is 1. The van der Waals surface area contributed by atoms with E-state index in [0.29, 0.717) is 0 Å². The zero-order valence-corrected chi connectivity index (χ0v) is 10.4. The lowest BCUT2D eigenvalue weighted by atomic mass is 9.95. The van der Waals surface area contributed by atoms with Crippen molar-refractivity contribution in [1.29, 1.82) is 0 Å². The molecule has 2 heteroatoms. The molecule has 0 fully saturated rings. The molecule has 0 aromatic heterocycles. The first-order valence-corrected chi connectivity index (χ1v) is 6.97. The maximum Gasteiger partial charge on any atom is 0.0384 e. The maximum atomic E-state index is 3.55. The molecule has 1 aromatic carbocycles. The third kappa shape index (κ3) is 2.31. The Hall–Kier alpha value is -0.630. The zero-order chi connectivity index (χ0) is 10.7. The Bertz CT molecular complexity index is 335. The highest BCUT2D eigenvalue weighted by Gasteiger charge is 2.17. The second-order valence-electron chi connectivity index (χ2n) is 4.18. The summed E-state index contributed by atoms with van der Waals surface area (Å²) in [6.45, 7) is 3.43. The van der Waals surface area contributed by atoms with Crippen molar-refractivity contribution in [3.05, 3.63) is 23.8 Å². The average Bonchev–Trinajstić information content (AvgIpc) is 2.49. The Morgan fingerprint density at radius 2 is 2.33 bits per heavy atom. The van der Waals surface area contributed by atoms with E-state index < -0.39 is 0 Å². The Kier molecular flexibility index (Phi) is 3.57. The van der Waals surface area contributed by atoms with Crippen LogP contribution in [0.2, 0.25) is 0 Å². The monoisotopic (exact) mass is 221 g/mol. The highest BCUT2D eigenvalue weighted by atomic mass is 32.2. The van der Waals surface area contributed by atoms with Gasteiger partial charge in [-0.05, 0) is 42.7 Å². The van der Waals surface area contributed by atoms with E-state index in [1.807, 2.05) is 11.8 Å². The molecule has 1 aliphatic heterocycles. The SMILES string of the molecule is CCC1CCNc2cccc(SC)c2C1. The van der Waals surface area contributed by atoms with E-state index in [2.05, 4.69) is 36.7 Å². The van der Waals surface area contributed by atoms with Crippen LogP contribution in [0.3, 0.4) is 0 Å². The summed E-state index contributed by atoms with van der Waals surface area (Å²) in [5, 5.41) is 3.55. The van der Waals surface area contributed by atoms with Gasteiger partial charge in [0, 0.05) is 17.1 Å². The van der Waals surface area contributed by atoms with E-state index in [0.717, 1.165) is 12.5 Å². The van der Waals surface area contributed by atoms with Crippen LogP contribution < -0.4 is 5.32 Å². The molecule has 15 heavy (non-hydrogen) atoms. The van der Waals surface area contributed by atoms with Crippen LogP contribution >= 0.6 is 11.8 Å². The van der Waals surface area contributed by atoms with Gasteiger partial charge in [-0.25, -0.2) is 0 Å². The number of nitrogens with one attached hydrogen (secondary N) is 1. The van der Waals surface area contributed by atoms with Crippen LogP contribution in [-0.4, -0.2) is 12.8 Å². The third-order valence-corrected chi connectivity index (χ3v) is 4.11. The van der Waals surface area contributed by atoms with Gasteiger partial charge in [0.1, 0.15) is 0 Å². The molecular formula is C13H19NS. The predicted octanol–water partition coefficient (Wildman–Crippen LogP) is 3.79. The van der Waals surface area contributed by atoms with E-state index in [9.17, 15) is 0 Å². The number of rotatable bonds is 2. The van der Waals surface area contributed by atoms with Crippen molar-refractivity contribution in [2.45, 2.75) is 31.1 Å². The lowest BCUT2D eigenvalue weighted by molar-refractivity contribution is 0.486. The number of anilines is 1. The van der Waals surface area contributed by atoms with Gasteiger partial charge in [0.25, 0.3) is 0 Å². The largest absolute Gasteiger partial charge is 0.385 e. The molecule has 0 saturated heterocycles. The zero-order valence-electron chi connectivity index (χ0n) is 9.55. The number of fused-ring (bicyclic) bond motifs is 1. The van der Waals surface area contributed by atoms with Crippen LogP contribution in [0.15, 0.2) is 23.1 Å².